The van der Waals surface area contributed by atoms with Crippen LogP contribution in [-0.2, 0) is 4.74 Å². The first-order valence-electron chi connectivity index (χ1n) is 7.54. The van der Waals surface area contributed by atoms with Gasteiger partial charge in [-0.2, -0.15) is 0 Å². The van der Waals surface area contributed by atoms with E-state index in [2.05, 4.69) is 0 Å². The summed E-state index contributed by atoms with van der Waals surface area (Å²) < 4.78 is 18.3. The molecule has 0 aromatic heterocycles. The Morgan fingerprint density at radius 1 is 1.23 bits per heavy atom. The van der Waals surface area contributed by atoms with E-state index in [0.717, 1.165) is 12.8 Å². The molecule has 1 aliphatic heterocycles. The second-order valence-electron chi connectivity index (χ2n) is 6.64. The van der Waals surface area contributed by atoms with E-state index in [1.165, 1.54) is 24.3 Å². The van der Waals surface area contributed by atoms with Crippen LogP contribution in [-0.4, -0.2) is 35.5 Å². The Morgan fingerprint density at radius 2 is 1.86 bits per heavy atom. The second kappa shape index (κ2) is 6.46. The zero-order valence-corrected chi connectivity index (χ0v) is 13.3. The first kappa shape index (κ1) is 16.5. The molecule has 4 nitrogen and oxygen atoms in total. The number of hydrogen-bond donors (Lipinski definition) is 0. The Labute approximate surface area is 130 Å². The Kier molecular flexibility index (Phi) is 4.84. The van der Waals surface area contributed by atoms with Gasteiger partial charge < -0.3 is 9.64 Å². The van der Waals surface area contributed by atoms with Crippen molar-refractivity contribution in [1.82, 2.24) is 4.90 Å². The molecule has 0 aliphatic carbocycles. The summed E-state index contributed by atoms with van der Waals surface area (Å²) in [5, 5.41) is 0. The van der Waals surface area contributed by atoms with Gasteiger partial charge in [-0.25, -0.2) is 9.18 Å². The lowest BCUT2D eigenvalue weighted by molar-refractivity contribution is 0.0172. The van der Waals surface area contributed by atoms with Gasteiger partial charge in [0.15, 0.2) is 5.78 Å². The zero-order chi connectivity index (χ0) is 16.3. The van der Waals surface area contributed by atoms with Gasteiger partial charge in [-0.1, -0.05) is 0 Å². The Balaban J connectivity index is 2.02. The number of carbonyl (C=O) groups is 2. The Hall–Kier alpha value is -1.91. The summed E-state index contributed by atoms with van der Waals surface area (Å²) in [5.74, 6) is -0.671. The van der Waals surface area contributed by atoms with Gasteiger partial charge in [-0.05, 0) is 57.9 Å². The summed E-state index contributed by atoms with van der Waals surface area (Å²) in [6, 6.07) is 5.54. The molecule has 120 valence electrons. The number of piperidine rings is 1. The minimum atomic E-state index is -0.551. The fourth-order valence-electron chi connectivity index (χ4n) is 2.53. The number of carbonyl (C=O) groups excluding carboxylic acids is 2. The van der Waals surface area contributed by atoms with E-state index in [4.69, 9.17) is 4.74 Å². The molecule has 5 heteroatoms. The summed E-state index contributed by atoms with van der Waals surface area (Å²) in [7, 11) is 0. The minimum absolute atomic E-state index is 0.0479. The molecule has 1 aromatic rings. The normalized spacial score (nSPS) is 18.9. The van der Waals surface area contributed by atoms with Crippen LogP contribution in [0.4, 0.5) is 9.18 Å². The van der Waals surface area contributed by atoms with Crippen LogP contribution in [0.2, 0.25) is 0 Å². The molecule has 0 saturated carbocycles. The van der Waals surface area contributed by atoms with Crippen LogP contribution >= 0.6 is 0 Å². The molecule has 1 fully saturated rings. The molecule has 2 rings (SSSR count). The van der Waals surface area contributed by atoms with Crippen molar-refractivity contribution < 1.29 is 18.7 Å². The van der Waals surface area contributed by atoms with E-state index in [9.17, 15) is 14.0 Å². The van der Waals surface area contributed by atoms with Crippen LogP contribution in [0.5, 0.6) is 0 Å². The van der Waals surface area contributed by atoms with Crippen LogP contribution in [0, 0.1) is 11.7 Å². The van der Waals surface area contributed by atoms with E-state index >= 15 is 0 Å². The van der Waals surface area contributed by atoms with E-state index in [1.807, 2.05) is 20.8 Å². The summed E-state index contributed by atoms with van der Waals surface area (Å²) in [6.07, 6.45) is 1.11. The predicted octanol–water partition coefficient (Wildman–Crippen LogP) is 3.66. The Bertz CT molecular complexity index is 548. The highest BCUT2D eigenvalue weighted by Gasteiger charge is 2.31. The van der Waals surface area contributed by atoms with Gasteiger partial charge in [0.05, 0.1) is 0 Å². The maximum atomic E-state index is 12.9. The van der Waals surface area contributed by atoms with Crippen LogP contribution in [0.25, 0.3) is 0 Å². The van der Waals surface area contributed by atoms with E-state index in [-0.39, 0.29) is 23.6 Å². The average Bonchev–Trinajstić information content (AvgIpc) is 2.46. The van der Waals surface area contributed by atoms with Gasteiger partial charge in [-0.15, -0.1) is 0 Å². The third-order valence-electron chi connectivity index (χ3n) is 3.57. The van der Waals surface area contributed by atoms with Crippen molar-refractivity contribution in [2.24, 2.45) is 5.92 Å². The van der Waals surface area contributed by atoms with Gasteiger partial charge >= 0.3 is 6.09 Å². The van der Waals surface area contributed by atoms with Crippen molar-refractivity contribution in [2.75, 3.05) is 13.1 Å². The highest BCUT2D eigenvalue weighted by Crippen LogP contribution is 2.23. The molecule has 1 aliphatic rings. The molecule has 1 amide bonds. The van der Waals surface area contributed by atoms with Crippen molar-refractivity contribution in [3.05, 3.63) is 35.6 Å². The second-order valence-corrected chi connectivity index (χ2v) is 6.64. The quantitative estimate of drug-likeness (QED) is 0.783. The van der Waals surface area contributed by atoms with Gasteiger partial charge in [0.1, 0.15) is 11.4 Å². The fraction of sp³-hybridized carbons (Fsp3) is 0.529. The van der Waals surface area contributed by atoms with E-state index in [1.54, 1.807) is 4.90 Å². The minimum Gasteiger partial charge on any atom is -0.444 e. The van der Waals surface area contributed by atoms with Crippen LogP contribution in [0.1, 0.15) is 44.0 Å². The van der Waals surface area contributed by atoms with Crippen LogP contribution < -0.4 is 0 Å². The highest BCUT2D eigenvalue weighted by atomic mass is 19.1. The Morgan fingerprint density at radius 3 is 2.45 bits per heavy atom. The number of amides is 1. The molecular formula is C17H22FNO3. The SMILES string of the molecule is CC(C)(C)OC(=O)N1CCC[C@@H](C(=O)c2ccc(F)cc2)C1. The molecule has 0 spiro atoms. The van der Waals surface area contributed by atoms with Gasteiger partial charge in [0, 0.05) is 24.6 Å². The zero-order valence-electron chi connectivity index (χ0n) is 13.3. The molecule has 1 aromatic carbocycles. The van der Waals surface area contributed by atoms with Gasteiger partial charge in [0.25, 0.3) is 0 Å². The smallest absolute Gasteiger partial charge is 0.410 e. The first-order valence-corrected chi connectivity index (χ1v) is 7.54. The van der Waals surface area contributed by atoms with Crippen molar-refractivity contribution >= 4 is 11.9 Å². The molecule has 0 N–H and O–H groups in total. The number of ketones is 1. The predicted molar refractivity (Wildman–Crippen MR) is 81.3 cm³/mol. The van der Waals surface area contributed by atoms with Crippen molar-refractivity contribution in [1.29, 1.82) is 0 Å². The summed E-state index contributed by atoms with van der Waals surface area (Å²) in [4.78, 5) is 26.2. The number of benzene rings is 1. The maximum Gasteiger partial charge on any atom is 0.410 e. The van der Waals surface area contributed by atoms with Crippen molar-refractivity contribution in [3.8, 4) is 0 Å². The van der Waals surface area contributed by atoms with Gasteiger partial charge in [-0.3, -0.25) is 4.79 Å². The summed E-state index contributed by atoms with van der Waals surface area (Å²) in [5.41, 5.74) is -0.0669. The summed E-state index contributed by atoms with van der Waals surface area (Å²) >= 11 is 0. The third kappa shape index (κ3) is 4.29. The van der Waals surface area contributed by atoms with Gasteiger partial charge in [0.2, 0.25) is 0 Å². The maximum absolute atomic E-state index is 12.9. The largest absolute Gasteiger partial charge is 0.444 e. The monoisotopic (exact) mass is 307 g/mol. The fourth-order valence-corrected chi connectivity index (χ4v) is 2.53. The number of nitrogens with zero attached hydrogens (tertiary/aromatic N) is 1. The molecule has 1 heterocycles. The number of ether oxygens (including phenoxy) is 1. The first-order chi connectivity index (χ1) is 10.3. The average molecular weight is 307 g/mol. The van der Waals surface area contributed by atoms with E-state index < -0.39 is 5.60 Å². The number of hydrogen-bond acceptors (Lipinski definition) is 3. The molecule has 0 radical (unpaired) electrons. The number of halogens is 1. The highest BCUT2D eigenvalue weighted by molar-refractivity contribution is 5.98. The molecule has 22 heavy (non-hydrogen) atoms. The number of rotatable bonds is 2. The number of Topliss-reactive ketones (excluding diaryl/α,β-unsaturated/α-hetero) is 1. The lowest BCUT2D eigenvalue weighted by Gasteiger charge is -2.33. The number of likely N-dealkylation sites (tertiary alicyclic amines) is 1. The van der Waals surface area contributed by atoms with Crippen LogP contribution in [0.3, 0.4) is 0 Å². The molecule has 1 saturated heterocycles. The van der Waals surface area contributed by atoms with E-state index in [0.29, 0.717) is 18.7 Å². The van der Waals surface area contributed by atoms with Crippen molar-refractivity contribution in [2.45, 2.75) is 39.2 Å². The third-order valence-corrected chi connectivity index (χ3v) is 3.57. The molecule has 0 bridgehead atoms. The van der Waals surface area contributed by atoms with Crippen molar-refractivity contribution in [3.63, 3.8) is 0 Å². The lowest BCUT2D eigenvalue weighted by Crippen LogP contribution is -2.44. The van der Waals surface area contributed by atoms with Crippen LogP contribution in [0.15, 0.2) is 24.3 Å². The molecule has 1 atom stereocenters. The molecular weight excluding hydrogens is 285 g/mol. The molecule has 0 unspecified atom stereocenters. The summed E-state index contributed by atoms with van der Waals surface area (Å²) in [6.45, 7) is 6.40. The lowest BCUT2D eigenvalue weighted by atomic mass is 9.90. The topological polar surface area (TPSA) is 46.6 Å². The standard InChI is InChI=1S/C17H22FNO3/c1-17(2,3)22-16(21)19-10-4-5-13(11-19)15(20)12-6-8-14(18)9-7-12/h6-9,13H,4-5,10-11H2,1-3H3/t13-/m1/s1.